The number of alkyl halides is 3. The molecule has 2 N–H and O–H groups in total. The fourth-order valence-electron chi connectivity index (χ4n) is 2.86. The summed E-state index contributed by atoms with van der Waals surface area (Å²) in [4.78, 5) is 31.5. The van der Waals surface area contributed by atoms with Gasteiger partial charge in [0.25, 0.3) is 5.84 Å². The highest BCUT2D eigenvalue weighted by molar-refractivity contribution is 6.10. The van der Waals surface area contributed by atoms with E-state index in [1.807, 2.05) is 0 Å². The largest absolute Gasteiger partial charge is 0.465 e. The molecule has 2 amide bonds. The molecular formula is C18H16F3N4O2+. The first kappa shape index (κ1) is 18.6. The first-order valence-electron chi connectivity index (χ1n) is 8.01. The number of aromatic nitrogens is 1. The summed E-state index contributed by atoms with van der Waals surface area (Å²) < 4.78 is 41.6. The van der Waals surface area contributed by atoms with Crippen molar-refractivity contribution in [3.63, 3.8) is 0 Å². The first-order valence-corrected chi connectivity index (χ1v) is 8.01. The fraction of sp³-hybridized carbons (Fsp3) is 0.222. The molecule has 3 rings (SSSR count). The maximum absolute atomic E-state index is 13.9. The third kappa shape index (κ3) is 3.40. The van der Waals surface area contributed by atoms with Crippen LogP contribution in [0.5, 0.6) is 0 Å². The van der Waals surface area contributed by atoms with Gasteiger partial charge in [-0.05, 0) is 18.2 Å². The molecule has 140 valence electrons. The lowest BCUT2D eigenvalue weighted by atomic mass is 10.1. The molecule has 0 aliphatic carbocycles. The van der Waals surface area contributed by atoms with Crippen molar-refractivity contribution in [1.29, 1.82) is 0 Å². The standard InChI is InChI=1S/C18H15F3N4O2/c1-12(26)23-17(18(19,20)21)16(27)25(11-13-6-5-9-22-10-13)15(24-17)14-7-3-2-4-8-14/h2-10H,11H2,1H3,(H,23,26)/p+1/t17-/m0/s1. The Morgan fingerprint density at radius 1 is 1.22 bits per heavy atom. The molecule has 0 saturated carbocycles. The molecule has 1 aromatic heterocycles. The van der Waals surface area contributed by atoms with Crippen LogP contribution in [0.3, 0.4) is 0 Å². The van der Waals surface area contributed by atoms with E-state index >= 15 is 0 Å². The van der Waals surface area contributed by atoms with E-state index < -0.39 is 23.7 Å². The summed E-state index contributed by atoms with van der Waals surface area (Å²) in [6.45, 7) is 0.787. The summed E-state index contributed by atoms with van der Waals surface area (Å²) in [5.74, 6) is -2.34. The van der Waals surface area contributed by atoms with E-state index in [0.717, 1.165) is 11.8 Å². The van der Waals surface area contributed by atoms with Crippen LogP contribution in [0.25, 0.3) is 0 Å². The van der Waals surface area contributed by atoms with Crippen LogP contribution < -0.4 is 10.3 Å². The lowest BCUT2D eigenvalue weighted by Gasteiger charge is -2.24. The number of hydrogen-bond acceptors (Lipinski definition) is 3. The van der Waals surface area contributed by atoms with Gasteiger partial charge in [-0.1, -0.05) is 24.3 Å². The number of amidine groups is 1. The molecule has 2 heterocycles. The van der Waals surface area contributed by atoms with E-state index in [9.17, 15) is 22.8 Å². The zero-order valence-electron chi connectivity index (χ0n) is 14.2. The summed E-state index contributed by atoms with van der Waals surface area (Å²) in [6.07, 6.45) is -2.08. The van der Waals surface area contributed by atoms with E-state index in [1.54, 1.807) is 47.8 Å². The van der Waals surface area contributed by atoms with Crippen molar-refractivity contribution >= 4 is 17.6 Å². The molecule has 0 fully saturated rings. The van der Waals surface area contributed by atoms with E-state index in [1.165, 1.54) is 12.4 Å². The van der Waals surface area contributed by atoms with Gasteiger partial charge in [-0.15, -0.1) is 0 Å². The average molecular weight is 377 g/mol. The van der Waals surface area contributed by atoms with Crippen molar-refractivity contribution < 1.29 is 27.8 Å². The van der Waals surface area contributed by atoms with Crippen molar-refractivity contribution in [2.45, 2.75) is 25.3 Å². The molecule has 0 saturated heterocycles. The van der Waals surface area contributed by atoms with Crippen molar-refractivity contribution in [2.75, 3.05) is 0 Å². The van der Waals surface area contributed by atoms with Gasteiger partial charge in [0.15, 0.2) is 0 Å². The molecule has 2 aromatic rings. The minimum atomic E-state index is -5.06. The van der Waals surface area contributed by atoms with Crippen molar-refractivity contribution in [2.24, 2.45) is 0 Å². The normalized spacial score (nSPS) is 19.8. The van der Waals surface area contributed by atoms with Crippen LogP contribution in [0.4, 0.5) is 13.2 Å². The Labute approximate surface area is 152 Å². The number of halogens is 3. The number of benzene rings is 1. The molecule has 1 aliphatic rings. The Balaban J connectivity index is 2.13. The van der Waals surface area contributed by atoms with Crippen LogP contribution in [0.2, 0.25) is 0 Å². The fourth-order valence-corrected chi connectivity index (χ4v) is 2.86. The van der Waals surface area contributed by atoms with E-state index in [2.05, 4.69) is 9.98 Å². The Bertz CT molecular complexity index is 884. The Morgan fingerprint density at radius 2 is 1.93 bits per heavy atom. The van der Waals surface area contributed by atoms with Gasteiger partial charge in [0, 0.05) is 24.9 Å². The van der Waals surface area contributed by atoms with Crippen LogP contribution in [0, 0.1) is 0 Å². The number of nitrogens with one attached hydrogen (secondary N) is 2. The van der Waals surface area contributed by atoms with Crippen LogP contribution in [0.1, 0.15) is 18.1 Å². The highest BCUT2D eigenvalue weighted by Gasteiger charge is 2.72. The van der Waals surface area contributed by atoms with Gasteiger partial charge in [-0.3, -0.25) is 15.1 Å². The number of pyridine rings is 1. The predicted octanol–water partition coefficient (Wildman–Crippen LogP) is 0.346. The van der Waals surface area contributed by atoms with E-state index in [-0.39, 0.29) is 12.4 Å². The second kappa shape index (κ2) is 6.82. The molecule has 0 bridgehead atoms. The molecule has 1 atom stereocenters. The van der Waals surface area contributed by atoms with Crippen molar-refractivity contribution in [1.82, 2.24) is 15.2 Å². The highest BCUT2D eigenvalue weighted by atomic mass is 19.4. The van der Waals surface area contributed by atoms with Crippen LogP contribution >= 0.6 is 0 Å². The van der Waals surface area contributed by atoms with Crippen LogP contribution in [0.15, 0.2) is 54.9 Å². The Morgan fingerprint density at radius 3 is 2.48 bits per heavy atom. The minimum absolute atomic E-state index is 0.0458. The predicted molar refractivity (Wildman–Crippen MR) is 88.9 cm³/mol. The summed E-state index contributed by atoms with van der Waals surface area (Å²) in [5.41, 5.74) is -2.31. The zero-order chi connectivity index (χ0) is 19.7. The summed E-state index contributed by atoms with van der Waals surface area (Å²) in [5, 5.41) is 1.76. The maximum atomic E-state index is 13.9. The lowest BCUT2D eigenvalue weighted by molar-refractivity contribution is -0.581. The Hall–Kier alpha value is -3.23. The number of nitrogens with zero attached hydrogens (tertiary/aromatic N) is 2. The number of amides is 2. The Kier molecular flexibility index (Phi) is 4.69. The summed E-state index contributed by atoms with van der Waals surface area (Å²) in [6, 6.07) is 11.4. The maximum Gasteiger partial charge on any atom is 0.465 e. The first-order chi connectivity index (χ1) is 12.7. The average Bonchev–Trinajstić information content (AvgIpc) is 2.90. The molecule has 0 spiro atoms. The molecule has 9 heteroatoms. The number of carbonyl (C=O) groups is 2. The van der Waals surface area contributed by atoms with Gasteiger partial charge >= 0.3 is 17.7 Å². The molecular weight excluding hydrogens is 361 g/mol. The number of rotatable bonds is 4. The molecule has 6 nitrogen and oxygen atoms in total. The molecule has 0 unspecified atom stereocenters. The van der Waals surface area contributed by atoms with E-state index in [0.29, 0.717) is 11.1 Å². The van der Waals surface area contributed by atoms with E-state index in [4.69, 9.17) is 0 Å². The van der Waals surface area contributed by atoms with Crippen molar-refractivity contribution in [3.05, 3.63) is 66.0 Å². The van der Waals surface area contributed by atoms with Gasteiger partial charge < -0.3 is 0 Å². The molecule has 0 radical (unpaired) electrons. The molecule has 1 aromatic carbocycles. The summed E-state index contributed by atoms with van der Waals surface area (Å²) >= 11 is 0. The third-order valence-electron chi connectivity index (χ3n) is 4.04. The lowest BCUT2D eigenvalue weighted by Crippen LogP contribution is -2.96. The molecule has 1 aliphatic heterocycles. The summed E-state index contributed by atoms with van der Waals surface area (Å²) in [7, 11) is 0. The third-order valence-corrected chi connectivity index (χ3v) is 4.04. The van der Waals surface area contributed by atoms with Crippen LogP contribution in [-0.4, -0.2) is 39.4 Å². The van der Waals surface area contributed by atoms with Gasteiger partial charge in [-0.25, -0.2) is 9.79 Å². The second-order valence-corrected chi connectivity index (χ2v) is 6.02. The molecule has 27 heavy (non-hydrogen) atoms. The second-order valence-electron chi connectivity index (χ2n) is 6.02. The van der Waals surface area contributed by atoms with Crippen molar-refractivity contribution in [3.8, 4) is 0 Å². The topological polar surface area (TPSA) is 76.3 Å². The smallest absolute Gasteiger partial charge is 0.298 e. The van der Waals surface area contributed by atoms with Gasteiger partial charge in [0.2, 0.25) is 5.91 Å². The quantitative estimate of drug-likeness (QED) is 0.807. The van der Waals surface area contributed by atoms with Gasteiger partial charge in [-0.2, -0.15) is 18.1 Å². The number of carbonyl (C=O) groups excluding carboxylic acids is 2. The minimum Gasteiger partial charge on any atom is -0.298 e. The SMILES string of the molecule is CC(=O)N[C@]1(C(F)(F)F)[NH+]=C(c2ccccc2)N(Cc2cccnc2)C1=O. The highest BCUT2D eigenvalue weighted by Crippen LogP contribution is 2.30. The zero-order valence-corrected chi connectivity index (χ0v) is 14.2. The monoisotopic (exact) mass is 377 g/mol. The van der Waals surface area contributed by atoms with Gasteiger partial charge in [0.1, 0.15) is 6.54 Å². The van der Waals surface area contributed by atoms with Gasteiger partial charge in [0.05, 0.1) is 5.56 Å². The number of hydrogen-bond donors (Lipinski definition) is 2. The van der Waals surface area contributed by atoms with Crippen LogP contribution in [-0.2, 0) is 16.1 Å².